The molecule has 6 heteroatoms. The van der Waals surface area contributed by atoms with E-state index in [4.69, 9.17) is 12.2 Å². The first-order valence-electron chi connectivity index (χ1n) is 7.11. The van der Waals surface area contributed by atoms with E-state index in [0.717, 1.165) is 24.3 Å². The largest absolute Gasteiger partial charge is 0.348 e. The van der Waals surface area contributed by atoms with Crippen molar-refractivity contribution in [2.75, 3.05) is 18.4 Å². The highest BCUT2D eigenvalue weighted by Gasteiger charge is 2.12. The van der Waals surface area contributed by atoms with E-state index in [9.17, 15) is 4.79 Å². The number of rotatable bonds is 3. The van der Waals surface area contributed by atoms with Gasteiger partial charge in [-0.3, -0.25) is 10.2 Å². The van der Waals surface area contributed by atoms with Crippen LogP contribution in [-0.2, 0) is 4.79 Å². The minimum Gasteiger partial charge on any atom is -0.348 e. The third kappa shape index (κ3) is 5.15. The molecule has 1 amide bonds. The zero-order valence-corrected chi connectivity index (χ0v) is 12.9. The minimum absolute atomic E-state index is 0.0787. The van der Waals surface area contributed by atoms with E-state index in [0.29, 0.717) is 5.11 Å². The van der Waals surface area contributed by atoms with Crippen molar-refractivity contribution in [3.63, 3.8) is 0 Å². The number of benzene rings is 1. The Labute approximate surface area is 130 Å². The number of hydrogen-bond acceptors (Lipinski definition) is 3. The maximum atomic E-state index is 10.9. The summed E-state index contributed by atoms with van der Waals surface area (Å²) in [6, 6.07) is 7.46. The normalized spacial score (nSPS) is 15.0. The van der Waals surface area contributed by atoms with Gasteiger partial charge in [0.2, 0.25) is 5.91 Å². The Hall–Kier alpha value is -1.95. The highest BCUT2D eigenvalue weighted by atomic mass is 32.1. The fourth-order valence-electron chi connectivity index (χ4n) is 2.19. The summed E-state index contributed by atoms with van der Waals surface area (Å²) in [6.07, 6.45) is 5.38. The Balaban J connectivity index is 1.83. The van der Waals surface area contributed by atoms with Crippen LogP contribution in [0.2, 0.25) is 0 Å². The van der Waals surface area contributed by atoms with Crippen molar-refractivity contribution in [3.05, 3.63) is 29.8 Å². The van der Waals surface area contributed by atoms with Crippen molar-refractivity contribution in [1.29, 1.82) is 0 Å². The molecule has 0 atom stereocenters. The molecule has 0 bridgehead atoms. The summed E-state index contributed by atoms with van der Waals surface area (Å²) in [7, 11) is 0. The SMILES string of the molecule is CC(=O)Nc1ccc(/C=N/NC(=S)N2CCCCC2)cc1. The highest BCUT2D eigenvalue weighted by Crippen LogP contribution is 2.09. The quantitative estimate of drug-likeness (QED) is 0.511. The van der Waals surface area contributed by atoms with E-state index in [1.165, 1.54) is 26.2 Å². The summed E-state index contributed by atoms with van der Waals surface area (Å²) >= 11 is 5.31. The minimum atomic E-state index is -0.0787. The number of likely N-dealkylation sites (tertiary alicyclic amines) is 1. The van der Waals surface area contributed by atoms with Gasteiger partial charge in [-0.1, -0.05) is 12.1 Å². The molecule has 2 rings (SSSR count). The second-order valence-corrected chi connectivity index (χ2v) is 5.41. The number of amides is 1. The Morgan fingerprint density at radius 2 is 1.90 bits per heavy atom. The summed E-state index contributed by atoms with van der Waals surface area (Å²) < 4.78 is 0. The Kier molecular flexibility index (Phi) is 5.68. The average molecular weight is 304 g/mol. The topological polar surface area (TPSA) is 56.7 Å². The van der Waals surface area contributed by atoms with Gasteiger partial charge in [-0.25, -0.2) is 0 Å². The fourth-order valence-corrected chi connectivity index (χ4v) is 2.42. The highest BCUT2D eigenvalue weighted by molar-refractivity contribution is 7.80. The Bertz CT molecular complexity index is 521. The van der Waals surface area contributed by atoms with Crippen LogP contribution in [0.5, 0.6) is 0 Å². The molecular weight excluding hydrogens is 284 g/mol. The second kappa shape index (κ2) is 7.73. The average Bonchev–Trinajstić information content (AvgIpc) is 2.49. The van der Waals surface area contributed by atoms with Crippen molar-refractivity contribution in [1.82, 2.24) is 10.3 Å². The Morgan fingerprint density at radius 3 is 2.52 bits per heavy atom. The van der Waals surface area contributed by atoms with Gasteiger partial charge in [-0.2, -0.15) is 5.10 Å². The number of thiocarbonyl (C=S) groups is 1. The molecule has 5 nitrogen and oxygen atoms in total. The molecule has 112 valence electrons. The van der Waals surface area contributed by atoms with Gasteiger partial charge in [0.1, 0.15) is 0 Å². The van der Waals surface area contributed by atoms with Crippen molar-refractivity contribution in [2.45, 2.75) is 26.2 Å². The molecule has 0 unspecified atom stereocenters. The molecule has 1 fully saturated rings. The van der Waals surface area contributed by atoms with Gasteiger partial charge in [-0.05, 0) is 49.2 Å². The van der Waals surface area contributed by atoms with Crippen LogP contribution in [0.15, 0.2) is 29.4 Å². The van der Waals surface area contributed by atoms with Gasteiger partial charge in [-0.15, -0.1) is 0 Å². The number of piperidine rings is 1. The summed E-state index contributed by atoms with van der Waals surface area (Å²) in [4.78, 5) is 13.1. The first kappa shape index (κ1) is 15.4. The van der Waals surface area contributed by atoms with Crippen LogP contribution < -0.4 is 10.7 Å². The number of hydrazone groups is 1. The molecule has 1 aliphatic heterocycles. The Morgan fingerprint density at radius 1 is 1.24 bits per heavy atom. The number of carbonyl (C=O) groups excluding carboxylic acids is 1. The number of anilines is 1. The van der Waals surface area contributed by atoms with Crippen LogP contribution in [0.25, 0.3) is 0 Å². The molecule has 0 radical (unpaired) electrons. The zero-order valence-electron chi connectivity index (χ0n) is 12.1. The van der Waals surface area contributed by atoms with Gasteiger partial charge < -0.3 is 10.2 Å². The van der Waals surface area contributed by atoms with Crippen LogP contribution >= 0.6 is 12.2 Å². The molecule has 0 spiro atoms. The number of nitrogens with one attached hydrogen (secondary N) is 2. The van der Waals surface area contributed by atoms with E-state index in [1.54, 1.807) is 6.21 Å². The van der Waals surface area contributed by atoms with Gasteiger partial charge in [0, 0.05) is 25.7 Å². The first-order valence-corrected chi connectivity index (χ1v) is 7.51. The van der Waals surface area contributed by atoms with Crippen LogP contribution in [-0.4, -0.2) is 35.2 Å². The third-order valence-electron chi connectivity index (χ3n) is 3.25. The molecule has 0 aliphatic carbocycles. The van der Waals surface area contributed by atoms with Gasteiger partial charge >= 0.3 is 0 Å². The molecule has 0 aromatic heterocycles. The second-order valence-electron chi connectivity index (χ2n) is 5.03. The maximum Gasteiger partial charge on any atom is 0.221 e. The maximum absolute atomic E-state index is 10.9. The summed E-state index contributed by atoms with van der Waals surface area (Å²) in [6.45, 7) is 3.50. The predicted octanol–water partition coefficient (Wildman–Crippen LogP) is 2.34. The van der Waals surface area contributed by atoms with Crippen molar-refractivity contribution >= 4 is 35.1 Å². The summed E-state index contributed by atoms with van der Waals surface area (Å²) in [5.41, 5.74) is 4.62. The monoisotopic (exact) mass is 304 g/mol. The lowest BCUT2D eigenvalue weighted by molar-refractivity contribution is -0.114. The van der Waals surface area contributed by atoms with Gasteiger partial charge in [0.05, 0.1) is 6.21 Å². The lowest BCUT2D eigenvalue weighted by Gasteiger charge is -2.28. The smallest absolute Gasteiger partial charge is 0.221 e. The lowest BCUT2D eigenvalue weighted by Crippen LogP contribution is -2.40. The summed E-state index contributed by atoms with van der Waals surface area (Å²) in [5, 5.41) is 7.57. The van der Waals surface area contributed by atoms with E-state index >= 15 is 0 Å². The molecule has 2 N–H and O–H groups in total. The van der Waals surface area contributed by atoms with Crippen LogP contribution in [0.4, 0.5) is 5.69 Å². The zero-order chi connectivity index (χ0) is 15.1. The number of nitrogens with zero attached hydrogens (tertiary/aromatic N) is 2. The van der Waals surface area contributed by atoms with Gasteiger partial charge in [0.25, 0.3) is 0 Å². The molecular formula is C15H20N4OS. The van der Waals surface area contributed by atoms with E-state index < -0.39 is 0 Å². The molecule has 1 aromatic carbocycles. The molecule has 1 aromatic rings. The van der Waals surface area contributed by atoms with E-state index in [-0.39, 0.29) is 5.91 Å². The summed E-state index contributed by atoms with van der Waals surface area (Å²) in [5.74, 6) is -0.0787. The number of hydrogen-bond donors (Lipinski definition) is 2. The number of carbonyl (C=O) groups is 1. The molecule has 1 saturated heterocycles. The first-order chi connectivity index (χ1) is 10.1. The standard InChI is InChI=1S/C15H20N4OS/c1-12(20)17-14-7-5-13(6-8-14)11-16-18-15(21)19-9-3-2-4-10-19/h5-8,11H,2-4,9-10H2,1H3,(H,17,20)(H,18,21)/b16-11+. The van der Waals surface area contributed by atoms with E-state index in [1.807, 2.05) is 24.3 Å². The van der Waals surface area contributed by atoms with Gasteiger partial charge in [0.15, 0.2) is 5.11 Å². The third-order valence-corrected chi connectivity index (χ3v) is 3.60. The van der Waals surface area contributed by atoms with Crippen molar-refractivity contribution in [3.8, 4) is 0 Å². The fraction of sp³-hybridized carbons (Fsp3) is 0.400. The lowest BCUT2D eigenvalue weighted by atomic mass is 10.1. The predicted molar refractivity (Wildman–Crippen MR) is 89.5 cm³/mol. The van der Waals surface area contributed by atoms with E-state index in [2.05, 4.69) is 20.7 Å². The van der Waals surface area contributed by atoms with Crippen molar-refractivity contribution in [2.24, 2.45) is 5.10 Å². The van der Waals surface area contributed by atoms with Crippen LogP contribution in [0.1, 0.15) is 31.7 Å². The molecule has 0 saturated carbocycles. The molecule has 1 aliphatic rings. The van der Waals surface area contributed by atoms with Crippen LogP contribution in [0.3, 0.4) is 0 Å². The molecule has 21 heavy (non-hydrogen) atoms. The van der Waals surface area contributed by atoms with Crippen molar-refractivity contribution < 1.29 is 4.79 Å². The van der Waals surface area contributed by atoms with Crippen LogP contribution in [0, 0.1) is 0 Å². The molecule has 1 heterocycles.